The lowest BCUT2D eigenvalue weighted by molar-refractivity contribution is 0.0649. The summed E-state index contributed by atoms with van der Waals surface area (Å²) in [6.45, 7) is 7.29. The van der Waals surface area contributed by atoms with Gasteiger partial charge >= 0.3 is 0 Å². The summed E-state index contributed by atoms with van der Waals surface area (Å²) in [4.78, 5) is 0. The van der Waals surface area contributed by atoms with Crippen molar-refractivity contribution < 1.29 is 10.2 Å². The van der Waals surface area contributed by atoms with Crippen LogP contribution in [0.1, 0.15) is 26.3 Å². The molecule has 3 N–H and O–H groups in total. The van der Waals surface area contributed by atoms with Crippen LogP contribution >= 0.6 is 0 Å². The number of hydrogen-bond acceptors (Lipinski definition) is 3. The first-order valence-corrected chi connectivity index (χ1v) is 5.09. The Labute approximate surface area is 90.8 Å². The first-order chi connectivity index (χ1) is 6.80. The van der Waals surface area contributed by atoms with Crippen molar-refractivity contribution in [1.82, 2.24) is 0 Å². The van der Waals surface area contributed by atoms with Crippen LogP contribution in [0.15, 0.2) is 18.2 Å². The van der Waals surface area contributed by atoms with Gasteiger partial charge in [-0.15, -0.1) is 0 Å². The predicted octanol–water partition coefficient (Wildman–Crippen LogP) is 2.27. The largest absolute Gasteiger partial charge is 0.508 e. The van der Waals surface area contributed by atoms with Crippen LogP contribution in [0, 0.1) is 6.92 Å². The van der Waals surface area contributed by atoms with Crippen LogP contribution < -0.4 is 5.32 Å². The second-order valence-corrected chi connectivity index (χ2v) is 4.52. The Balaban J connectivity index is 2.78. The molecule has 0 aliphatic heterocycles. The van der Waals surface area contributed by atoms with Gasteiger partial charge in [0.25, 0.3) is 0 Å². The molecule has 0 radical (unpaired) electrons. The van der Waals surface area contributed by atoms with E-state index >= 15 is 0 Å². The first kappa shape index (κ1) is 11.9. The van der Waals surface area contributed by atoms with Crippen molar-refractivity contribution in [3.05, 3.63) is 23.8 Å². The maximum atomic E-state index is 9.76. The molecule has 1 unspecified atom stereocenters. The predicted molar refractivity (Wildman–Crippen MR) is 62.2 cm³/mol. The molecule has 1 atom stereocenters. The first-order valence-electron chi connectivity index (χ1n) is 5.09. The number of aromatic hydroxyl groups is 1. The minimum Gasteiger partial charge on any atom is -0.508 e. The lowest BCUT2D eigenvalue weighted by Gasteiger charge is -2.27. The summed E-state index contributed by atoms with van der Waals surface area (Å²) < 4.78 is 0. The van der Waals surface area contributed by atoms with Gasteiger partial charge in [0, 0.05) is 5.69 Å². The smallest absolute Gasteiger partial charge is 0.118 e. The van der Waals surface area contributed by atoms with Crippen LogP contribution in [-0.2, 0) is 0 Å². The molecular weight excluding hydrogens is 190 g/mol. The van der Waals surface area contributed by atoms with E-state index in [4.69, 9.17) is 0 Å². The topological polar surface area (TPSA) is 52.5 Å². The average molecular weight is 209 g/mol. The second kappa shape index (κ2) is 4.11. The molecular formula is C12H19NO2. The quantitative estimate of drug-likeness (QED) is 0.669. The lowest BCUT2D eigenvalue weighted by atomic mass is 10.0. The summed E-state index contributed by atoms with van der Waals surface area (Å²) in [5.74, 6) is 0.288. The number of phenols is 1. The fourth-order valence-corrected chi connectivity index (χ4v) is 1.17. The molecule has 84 valence electrons. The Morgan fingerprint density at radius 3 is 2.40 bits per heavy atom. The number of aliphatic hydroxyl groups is 1. The Hall–Kier alpha value is -1.22. The molecule has 0 aromatic heterocycles. The molecule has 0 heterocycles. The number of aryl methyl sites for hydroxylation is 1. The molecule has 3 nitrogen and oxygen atoms in total. The van der Waals surface area contributed by atoms with Gasteiger partial charge in [-0.05, 0) is 51.5 Å². The van der Waals surface area contributed by atoms with Crippen LogP contribution in [0.3, 0.4) is 0 Å². The van der Waals surface area contributed by atoms with E-state index in [2.05, 4.69) is 5.32 Å². The monoisotopic (exact) mass is 209 g/mol. The maximum Gasteiger partial charge on any atom is 0.118 e. The molecule has 0 fully saturated rings. The van der Waals surface area contributed by atoms with Crippen LogP contribution in [0.5, 0.6) is 5.75 Å². The standard InChI is InChI=1S/C12H19NO2/c1-8-7-10(5-6-11(8)14)13-9(2)12(3,4)15/h5-7,9,13-15H,1-4H3. The lowest BCUT2D eigenvalue weighted by Crippen LogP contribution is -2.39. The van der Waals surface area contributed by atoms with E-state index in [0.717, 1.165) is 11.3 Å². The van der Waals surface area contributed by atoms with E-state index in [-0.39, 0.29) is 11.8 Å². The number of benzene rings is 1. The Morgan fingerprint density at radius 2 is 1.93 bits per heavy atom. The minimum absolute atomic E-state index is 0.0542. The van der Waals surface area contributed by atoms with Gasteiger partial charge in [0.15, 0.2) is 0 Å². The zero-order chi connectivity index (χ0) is 11.6. The van der Waals surface area contributed by atoms with Gasteiger partial charge in [0.2, 0.25) is 0 Å². The number of phenolic OH excluding ortho intramolecular Hbond substituents is 1. The van der Waals surface area contributed by atoms with Crippen molar-refractivity contribution in [1.29, 1.82) is 0 Å². The summed E-state index contributed by atoms with van der Waals surface area (Å²) in [7, 11) is 0. The van der Waals surface area contributed by atoms with E-state index < -0.39 is 5.60 Å². The summed E-state index contributed by atoms with van der Waals surface area (Å²) in [6.07, 6.45) is 0. The molecule has 3 heteroatoms. The number of anilines is 1. The van der Waals surface area contributed by atoms with Gasteiger partial charge in [-0.3, -0.25) is 0 Å². The van der Waals surface area contributed by atoms with Gasteiger partial charge < -0.3 is 15.5 Å². The molecule has 0 amide bonds. The Morgan fingerprint density at radius 1 is 1.33 bits per heavy atom. The van der Waals surface area contributed by atoms with Crippen molar-refractivity contribution in [2.75, 3.05) is 5.32 Å². The van der Waals surface area contributed by atoms with E-state index in [9.17, 15) is 10.2 Å². The van der Waals surface area contributed by atoms with Crippen LogP contribution in [0.2, 0.25) is 0 Å². The zero-order valence-electron chi connectivity index (χ0n) is 9.70. The normalized spacial score (nSPS) is 13.7. The van der Waals surface area contributed by atoms with Crippen LogP contribution in [-0.4, -0.2) is 21.9 Å². The Bertz CT molecular complexity index is 342. The van der Waals surface area contributed by atoms with Crippen molar-refractivity contribution in [3.63, 3.8) is 0 Å². The number of rotatable bonds is 3. The number of nitrogens with one attached hydrogen (secondary N) is 1. The summed E-state index contributed by atoms with van der Waals surface area (Å²) in [5.41, 5.74) is 0.953. The van der Waals surface area contributed by atoms with Crippen molar-refractivity contribution in [2.24, 2.45) is 0 Å². The van der Waals surface area contributed by atoms with Gasteiger partial charge in [0.05, 0.1) is 11.6 Å². The summed E-state index contributed by atoms with van der Waals surface area (Å²) >= 11 is 0. The molecule has 0 saturated carbocycles. The third-order valence-electron chi connectivity index (χ3n) is 2.64. The Kier molecular flexibility index (Phi) is 3.25. The second-order valence-electron chi connectivity index (χ2n) is 4.52. The van der Waals surface area contributed by atoms with Crippen LogP contribution in [0.4, 0.5) is 5.69 Å². The third kappa shape index (κ3) is 3.13. The van der Waals surface area contributed by atoms with Crippen LogP contribution in [0.25, 0.3) is 0 Å². The van der Waals surface area contributed by atoms with E-state index in [1.807, 2.05) is 19.9 Å². The van der Waals surface area contributed by atoms with Crippen molar-refractivity contribution in [2.45, 2.75) is 39.3 Å². The third-order valence-corrected chi connectivity index (χ3v) is 2.64. The zero-order valence-corrected chi connectivity index (χ0v) is 9.70. The molecule has 0 saturated heterocycles. The van der Waals surface area contributed by atoms with E-state index in [1.165, 1.54) is 0 Å². The molecule has 0 bridgehead atoms. The van der Waals surface area contributed by atoms with Gasteiger partial charge in [0.1, 0.15) is 5.75 Å². The molecule has 0 aliphatic carbocycles. The molecule has 0 aliphatic rings. The summed E-state index contributed by atoms with van der Waals surface area (Å²) in [6, 6.07) is 5.25. The van der Waals surface area contributed by atoms with Gasteiger partial charge in [-0.1, -0.05) is 0 Å². The SMILES string of the molecule is Cc1cc(NC(C)C(C)(C)O)ccc1O. The molecule has 0 spiro atoms. The molecule has 15 heavy (non-hydrogen) atoms. The highest BCUT2D eigenvalue weighted by atomic mass is 16.3. The number of hydrogen-bond donors (Lipinski definition) is 3. The van der Waals surface area contributed by atoms with E-state index in [0.29, 0.717) is 0 Å². The molecule has 1 rings (SSSR count). The van der Waals surface area contributed by atoms with Gasteiger partial charge in [-0.25, -0.2) is 0 Å². The highest BCUT2D eigenvalue weighted by Crippen LogP contribution is 2.22. The van der Waals surface area contributed by atoms with Gasteiger partial charge in [-0.2, -0.15) is 0 Å². The van der Waals surface area contributed by atoms with Crippen molar-refractivity contribution >= 4 is 5.69 Å². The molecule has 1 aromatic carbocycles. The average Bonchev–Trinajstić information content (AvgIpc) is 2.10. The fourth-order valence-electron chi connectivity index (χ4n) is 1.17. The highest BCUT2D eigenvalue weighted by Gasteiger charge is 2.21. The summed E-state index contributed by atoms with van der Waals surface area (Å²) in [5, 5.41) is 22.3. The van der Waals surface area contributed by atoms with Crippen molar-refractivity contribution in [3.8, 4) is 5.75 Å². The highest BCUT2D eigenvalue weighted by molar-refractivity contribution is 5.51. The maximum absolute atomic E-state index is 9.76. The minimum atomic E-state index is -0.772. The molecule has 1 aromatic rings. The fraction of sp³-hybridized carbons (Fsp3) is 0.500. The van der Waals surface area contributed by atoms with E-state index in [1.54, 1.807) is 26.0 Å².